The minimum absolute atomic E-state index is 0.0522. The van der Waals surface area contributed by atoms with E-state index in [4.69, 9.17) is 5.73 Å². The number of hydrogen-bond donors (Lipinski definition) is 2. The second-order valence-corrected chi connectivity index (χ2v) is 8.36. The fourth-order valence-electron chi connectivity index (χ4n) is 2.88. The number of rotatable bonds is 4. The second-order valence-electron chi connectivity index (χ2n) is 6.60. The molecule has 0 saturated heterocycles. The number of nitrogens with two attached hydrogens (primary N) is 1. The zero-order chi connectivity index (χ0) is 17.9. The van der Waals surface area contributed by atoms with Gasteiger partial charge < -0.3 is 5.73 Å². The zero-order valence-corrected chi connectivity index (χ0v) is 15.5. The molecule has 0 aromatic heterocycles. The summed E-state index contributed by atoms with van der Waals surface area (Å²) in [6, 6.07) is 4.77. The molecule has 0 spiro atoms. The van der Waals surface area contributed by atoms with E-state index in [1.165, 1.54) is 12.1 Å². The van der Waals surface area contributed by atoms with Crippen LogP contribution in [0.2, 0.25) is 0 Å². The summed E-state index contributed by atoms with van der Waals surface area (Å²) in [5, 5.41) is 0. The standard InChI is InChI=1S/C15H23FN2O2S.C2H6/c1-11-8-9-15(17,14(11,2)3)10-18-21(19,20)13-6-4-12(16)5-7-13;1-2/h4-7,11,18H,8-10,17H2,1-3H3;1-2H3/t11-,15-;/m1./s1. The van der Waals surface area contributed by atoms with Crippen LogP contribution in [0.3, 0.4) is 0 Å². The highest BCUT2D eigenvalue weighted by atomic mass is 32.2. The molecule has 1 fully saturated rings. The summed E-state index contributed by atoms with van der Waals surface area (Å²) in [5.41, 5.74) is 5.74. The highest BCUT2D eigenvalue weighted by Gasteiger charge is 2.50. The second kappa shape index (κ2) is 7.28. The summed E-state index contributed by atoms with van der Waals surface area (Å²) in [7, 11) is -3.67. The van der Waals surface area contributed by atoms with Gasteiger partial charge in [0.1, 0.15) is 5.82 Å². The van der Waals surface area contributed by atoms with E-state index in [9.17, 15) is 12.8 Å². The molecular formula is C17H29FN2O2S. The first kappa shape index (κ1) is 20.1. The van der Waals surface area contributed by atoms with Crippen molar-refractivity contribution in [1.29, 1.82) is 0 Å². The van der Waals surface area contributed by atoms with Gasteiger partial charge >= 0.3 is 0 Å². The lowest BCUT2D eigenvalue weighted by atomic mass is 9.71. The van der Waals surface area contributed by atoms with Crippen LogP contribution in [0.25, 0.3) is 0 Å². The van der Waals surface area contributed by atoms with Crippen molar-refractivity contribution in [3.05, 3.63) is 30.1 Å². The SMILES string of the molecule is CC.C[C@@H]1CC[C@@](N)(CNS(=O)(=O)c2ccc(F)cc2)C1(C)C. The highest BCUT2D eigenvalue weighted by molar-refractivity contribution is 7.89. The number of halogens is 1. The van der Waals surface area contributed by atoms with E-state index in [1.807, 2.05) is 13.8 Å². The van der Waals surface area contributed by atoms with Gasteiger partial charge in [0.2, 0.25) is 10.0 Å². The largest absolute Gasteiger partial charge is 0.324 e. The van der Waals surface area contributed by atoms with Gasteiger partial charge in [-0.15, -0.1) is 0 Å². The topological polar surface area (TPSA) is 72.2 Å². The summed E-state index contributed by atoms with van der Waals surface area (Å²) < 4.78 is 39.9. The van der Waals surface area contributed by atoms with Gasteiger partial charge in [0.15, 0.2) is 0 Å². The van der Waals surface area contributed by atoms with Crippen molar-refractivity contribution in [2.45, 2.75) is 57.9 Å². The molecule has 0 unspecified atom stereocenters. The van der Waals surface area contributed by atoms with Crippen molar-refractivity contribution in [2.75, 3.05) is 6.54 Å². The molecule has 1 saturated carbocycles. The van der Waals surface area contributed by atoms with Gasteiger partial charge in [0, 0.05) is 12.1 Å². The van der Waals surface area contributed by atoms with Gasteiger partial charge in [-0.05, 0) is 48.4 Å². The molecule has 1 aromatic rings. The summed E-state index contributed by atoms with van der Waals surface area (Å²) in [6.07, 6.45) is 1.77. The van der Waals surface area contributed by atoms with Gasteiger partial charge in [0.25, 0.3) is 0 Å². The third-order valence-electron chi connectivity index (χ3n) is 5.24. The van der Waals surface area contributed by atoms with Crippen LogP contribution in [0, 0.1) is 17.2 Å². The Morgan fingerprint density at radius 3 is 2.22 bits per heavy atom. The van der Waals surface area contributed by atoms with Crippen molar-refractivity contribution in [1.82, 2.24) is 4.72 Å². The average molecular weight is 344 g/mol. The molecule has 1 aliphatic rings. The molecule has 23 heavy (non-hydrogen) atoms. The fourth-order valence-corrected chi connectivity index (χ4v) is 3.99. The molecule has 6 heteroatoms. The van der Waals surface area contributed by atoms with Crippen molar-refractivity contribution in [3.63, 3.8) is 0 Å². The van der Waals surface area contributed by atoms with Crippen molar-refractivity contribution >= 4 is 10.0 Å². The summed E-state index contributed by atoms with van der Waals surface area (Å²) in [4.78, 5) is 0.0522. The lowest BCUT2D eigenvalue weighted by Gasteiger charge is -2.40. The Morgan fingerprint density at radius 2 is 1.78 bits per heavy atom. The molecule has 0 bridgehead atoms. The maximum Gasteiger partial charge on any atom is 0.240 e. The first-order chi connectivity index (χ1) is 10.6. The number of nitrogens with one attached hydrogen (secondary N) is 1. The van der Waals surface area contributed by atoms with Crippen molar-refractivity contribution in [3.8, 4) is 0 Å². The molecular weight excluding hydrogens is 315 g/mol. The van der Waals surface area contributed by atoms with E-state index < -0.39 is 21.4 Å². The Hall–Kier alpha value is -0.980. The van der Waals surface area contributed by atoms with Crippen LogP contribution in [0.5, 0.6) is 0 Å². The van der Waals surface area contributed by atoms with E-state index in [0.717, 1.165) is 25.0 Å². The normalized spacial score (nSPS) is 26.5. The first-order valence-electron chi connectivity index (χ1n) is 8.13. The van der Waals surface area contributed by atoms with Crippen LogP contribution in [0.15, 0.2) is 29.2 Å². The van der Waals surface area contributed by atoms with E-state index in [0.29, 0.717) is 5.92 Å². The van der Waals surface area contributed by atoms with Crippen LogP contribution in [0.4, 0.5) is 4.39 Å². The Morgan fingerprint density at radius 1 is 1.26 bits per heavy atom. The van der Waals surface area contributed by atoms with E-state index in [2.05, 4.69) is 25.5 Å². The molecule has 3 N–H and O–H groups in total. The van der Waals surface area contributed by atoms with E-state index in [1.54, 1.807) is 0 Å². The zero-order valence-electron chi connectivity index (χ0n) is 14.7. The third-order valence-corrected chi connectivity index (χ3v) is 6.66. The Balaban J connectivity index is 0.00000127. The Labute approximate surface area is 139 Å². The van der Waals surface area contributed by atoms with Gasteiger partial charge in [-0.1, -0.05) is 34.6 Å². The summed E-state index contributed by atoms with van der Waals surface area (Å²) in [5.74, 6) is -0.0205. The molecule has 0 radical (unpaired) electrons. The van der Waals surface area contributed by atoms with Crippen molar-refractivity contribution < 1.29 is 12.8 Å². The summed E-state index contributed by atoms with van der Waals surface area (Å²) in [6.45, 7) is 10.5. The van der Waals surface area contributed by atoms with E-state index in [-0.39, 0.29) is 16.9 Å². The van der Waals surface area contributed by atoms with Crippen LogP contribution in [0.1, 0.15) is 47.5 Å². The monoisotopic (exact) mass is 344 g/mol. The van der Waals surface area contributed by atoms with Crippen LogP contribution in [-0.4, -0.2) is 20.5 Å². The van der Waals surface area contributed by atoms with Crippen LogP contribution < -0.4 is 10.5 Å². The molecule has 0 aliphatic heterocycles. The first-order valence-corrected chi connectivity index (χ1v) is 9.61. The molecule has 2 rings (SSSR count). The number of benzene rings is 1. The van der Waals surface area contributed by atoms with Crippen molar-refractivity contribution in [2.24, 2.45) is 17.1 Å². The predicted molar refractivity (Wildman–Crippen MR) is 92.0 cm³/mol. The third kappa shape index (κ3) is 4.11. The lowest BCUT2D eigenvalue weighted by Crippen LogP contribution is -2.57. The molecule has 2 atom stereocenters. The maximum atomic E-state index is 12.9. The number of sulfonamides is 1. The maximum absolute atomic E-state index is 12.9. The Kier molecular flexibility index (Phi) is 6.35. The molecule has 1 aliphatic carbocycles. The molecule has 0 amide bonds. The van der Waals surface area contributed by atoms with Crippen LogP contribution in [-0.2, 0) is 10.0 Å². The van der Waals surface area contributed by atoms with Gasteiger partial charge in [-0.3, -0.25) is 0 Å². The summed E-state index contributed by atoms with van der Waals surface area (Å²) >= 11 is 0. The van der Waals surface area contributed by atoms with E-state index >= 15 is 0 Å². The molecule has 1 aromatic carbocycles. The van der Waals surface area contributed by atoms with Gasteiger partial charge in [-0.2, -0.15) is 0 Å². The molecule has 4 nitrogen and oxygen atoms in total. The minimum atomic E-state index is -3.67. The predicted octanol–water partition coefficient (Wildman–Crippen LogP) is 3.28. The molecule has 132 valence electrons. The van der Waals surface area contributed by atoms with Gasteiger partial charge in [0.05, 0.1) is 4.90 Å². The highest BCUT2D eigenvalue weighted by Crippen LogP contribution is 2.48. The molecule has 0 heterocycles. The quantitative estimate of drug-likeness (QED) is 0.880. The fraction of sp³-hybridized carbons (Fsp3) is 0.647. The average Bonchev–Trinajstić information content (AvgIpc) is 2.72. The minimum Gasteiger partial charge on any atom is -0.324 e. The van der Waals surface area contributed by atoms with Crippen LogP contribution >= 0.6 is 0 Å². The van der Waals surface area contributed by atoms with Gasteiger partial charge in [-0.25, -0.2) is 17.5 Å². The Bertz CT molecular complexity index is 614. The number of hydrogen-bond acceptors (Lipinski definition) is 3. The lowest BCUT2D eigenvalue weighted by molar-refractivity contribution is 0.162. The smallest absolute Gasteiger partial charge is 0.240 e.